The predicted molar refractivity (Wildman–Crippen MR) is 86.4 cm³/mol. The van der Waals surface area contributed by atoms with Gasteiger partial charge in [-0.15, -0.1) is 0 Å². The molecule has 0 aliphatic heterocycles. The number of hydrogen-bond donors (Lipinski definition) is 1. The van der Waals surface area contributed by atoms with Gasteiger partial charge in [0, 0.05) is 12.6 Å². The highest BCUT2D eigenvalue weighted by Crippen LogP contribution is 2.13. The van der Waals surface area contributed by atoms with Crippen molar-refractivity contribution in [1.82, 2.24) is 14.3 Å². The molecule has 7 nitrogen and oxygen atoms in total. The average Bonchev–Trinajstić information content (AvgIpc) is 3.04. The Hall–Kier alpha value is -2.83. The van der Waals surface area contributed by atoms with Gasteiger partial charge in [-0.1, -0.05) is 24.2 Å². The van der Waals surface area contributed by atoms with Crippen molar-refractivity contribution < 1.29 is 9.32 Å². The SMILES string of the molecule is CCCn1c(=O)n(CC(=O)Nc2cc(C)on2)c2ccccc21. The van der Waals surface area contributed by atoms with E-state index in [2.05, 4.69) is 10.5 Å². The summed E-state index contributed by atoms with van der Waals surface area (Å²) in [6, 6.07) is 9.10. The Morgan fingerprint density at radius 1 is 1.26 bits per heavy atom. The molecule has 0 saturated heterocycles. The number of para-hydroxylation sites is 2. The highest BCUT2D eigenvalue weighted by molar-refractivity contribution is 5.90. The molecule has 1 amide bonds. The number of nitrogens with zero attached hydrogens (tertiary/aromatic N) is 3. The number of aryl methyl sites for hydroxylation is 2. The third kappa shape index (κ3) is 2.90. The van der Waals surface area contributed by atoms with Crippen molar-refractivity contribution in [3.63, 3.8) is 0 Å². The lowest BCUT2D eigenvalue weighted by molar-refractivity contribution is -0.116. The van der Waals surface area contributed by atoms with E-state index < -0.39 is 0 Å². The number of anilines is 1. The van der Waals surface area contributed by atoms with Crippen LogP contribution in [-0.2, 0) is 17.9 Å². The van der Waals surface area contributed by atoms with E-state index in [0.717, 1.165) is 17.5 Å². The Morgan fingerprint density at radius 2 is 1.96 bits per heavy atom. The van der Waals surface area contributed by atoms with Crippen LogP contribution in [0.4, 0.5) is 5.82 Å². The van der Waals surface area contributed by atoms with Crippen LogP contribution < -0.4 is 11.0 Å². The van der Waals surface area contributed by atoms with Gasteiger partial charge in [-0.2, -0.15) is 0 Å². The summed E-state index contributed by atoms with van der Waals surface area (Å²) in [6.07, 6.45) is 0.846. The van der Waals surface area contributed by atoms with Gasteiger partial charge in [-0.25, -0.2) is 4.79 Å². The number of benzene rings is 1. The summed E-state index contributed by atoms with van der Waals surface area (Å²) >= 11 is 0. The zero-order valence-electron chi connectivity index (χ0n) is 13.1. The maximum absolute atomic E-state index is 12.6. The molecular formula is C16H18N4O3. The number of amides is 1. The fourth-order valence-electron chi connectivity index (χ4n) is 2.62. The summed E-state index contributed by atoms with van der Waals surface area (Å²) < 4.78 is 8.08. The quantitative estimate of drug-likeness (QED) is 0.782. The lowest BCUT2D eigenvalue weighted by atomic mass is 10.3. The summed E-state index contributed by atoms with van der Waals surface area (Å²) in [7, 11) is 0. The Labute approximate surface area is 132 Å². The van der Waals surface area contributed by atoms with Gasteiger partial charge in [0.05, 0.1) is 11.0 Å². The van der Waals surface area contributed by atoms with E-state index in [1.807, 2.05) is 31.2 Å². The van der Waals surface area contributed by atoms with E-state index in [1.165, 1.54) is 4.57 Å². The van der Waals surface area contributed by atoms with Crippen LogP contribution in [0.2, 0.25) is 0 Å². The zero-order valence-corrected chi connectivity index (χ0v) is 13.1. The van der Waals surface area contributed by atoms with Crippen molar-refractivity contribution in [2.75, 3.05) is 5.32 Å². The molecule has 0 atom stereocenters. The molecule has 3 rings (SSSR count). The van der Waals surface area contributed by atoms with Crippen molar-refractivity contribution >= 4 is 22.8 Å². The van der Waals surface area contributed by atoms with Crippen LogP contribution in [0.5, 0.6) is 0 Å². The third-order valence-electron chi connectivity index (χ3n) is 3.57. The maximum atomic E-state index is 12.6. The number of fused-ring (bicyclic) bond motifs is 1. The van der Waals surface area contributed by atoms with Gasteiger partial charge < -0.3 is 9.84 Å². The summed E-state index contributed by atoms with van der Waals surface area (Å²) in [6.45, 7) is 4.31. The molecule has 0 saturated carbocycles. The minimum Gasteiger partial charge on any atom is -0.360 e. The first-order valence-electron chi connectivity index (χ1n) is 7.51. The van der Waals surface area contributed by atoms with Crippen LogP contribution in [0.3, 0.4) is 0 Å². The Morgan fingerprint density at radius 3 is 2.57 bits per heavy atom. The molecule has 0 bridgehead atoms. The van der Waals surface area contributed by atoms with E-state index in [4.69, 9.17) is 4.52 Å². The molecule has 0 spiro atoms. The largest absolute Gasteiger partial charge is 0.360 e. The van der Waals surface area contributed by atoms with Gasteiger partial charge in [-0.3, -0.25) is 13.9 Å². The first kappa shape index (κ1) is 15.1. The Balaban J connectivity index is 1.92. The molecule has 2 heterocycles. The number of carbonyl (C=O) groups is 1. The molecule has 0 aliphatic rings. The molecule has 0 aliphatic carbocycles. The monoisotopic (exact) mass is 314 g/mol. The van der Waals surface area contributed by atoms with Crippen LogP contribution in [0.15, 0.2) is 39.6 Å². The molecule has 7 heteroatoms. The lowest BCUT2D eigenvalue weighted by Gasteiger charge is -2.03. The molecular weight excluding hydrogens is 296 g/mol. The molecule has 3 aromatic rings. The van der Waals surface area contributed by atoms with E-state index in [9.17, 15) is 9.59 Å². The smallest absolute Gasteiger partial charge is 0.329 e. The van der Waals surface area contributed by atoms with Gasteiger partial charge in [0.1, 0.15) is 12.3 Å². The van der Waals surface area contributed by atoms with Gasteiger partial charge in [0.25, 0.3) is 0 Å². The third-order valence-corrected chi connectivity index (χ3v) is 3.57. The predicted octanol–water partition coefficient (Wildman–Crippen LogP) is 2.15. The molecule has 0 radical (unpaired) electrons. The second-order valence-electron chi connectivity index (χ2n) is 5.38. The van der Waals surface area contributed by atoms with E-state index in [0.29, 0.717) is 18.1 Å². The van der Waals surface area contributed by atoms with Crippen LogP contribution in [-0.4, -0.2) is 20.2 Å². The molecule has 1 aromatic carbocycles. The van der Waals surface area contributed by atoms with Crippen molar-refractivity contribution in [3.8, 4) is 0 Å². The second kappa shape index (κ2) is 6.12. The second-order valence-corrected chi connectivity index (χ2v) is 5.38. The summed E-state index contributed by atoms with van der Waals surface area (Å²) in [4.78, 5) is 24.8. The number of rotatable bonds is 5. The summed E-state index contributed by atoms with van der Waals surface area (Å²) in [5.41, 5.74) is 1.40. The van der Waals surface area contributed by atoms with Crippen molar-refractivity contribution in [1.29, 1.82) is 0 Å². The van der Waals surface area contributed by atoms with Gasteiger partial charge in [0.15, 0.2) is 5.82 Å². The van der Waals surface area contributed by atoms with E-state index in [-0.39, 0.29) is 18.1 Å². The minimum atomic E-state index is -0.320. The topological polar surface area (TPSA) is 82.1 Å². The summed E-state index contributed by atoms with van der Waals surface area (Å²) in [5, 5.41) is 6.35. The number of imidazole rings is 1. The van der Waals surface area contributed by atoms with E-state index in [1.54, 1.807) is 17.6 Å². The van der Waals surface area contributed by atoms with Crippen LogP contribution in [0.25, 0.3) is 11.0 Å². The van der Waals surface area contributed by atoms with Gasteiger partial charge in [-0.05, 0) is 25.5 Å². The van der Waals surface area contributed by atoms with E-state index >= 15 is 0 Å². The highest BCUT2D eigenvalue weighted by atomic mass is 16.5. The standard InChI is InChI=1S/C16H18N4O3/c1-3-8-19-12-6-4-5-7-13(12)20(16(19)22)10-15(21)17-14-9-11(2)23-18-14/h4-7,9H,3,8,10H2,1-2H3,(H,17,18,21). The Bertz CT molecular complexity index is 904. The molecule has 120 valence electrons. The van der Waals surface area contributed by atoms with Gasteiger partial charge >= 0.3 is 5.69 Å². The number of aromatic nitrogens is 3. The van der Waals surface area contributed by atoms with Gasteiger partial charge in [0.2, 0.25) is 5.91 Å². The molecule has 2 aromatic heterocycles. The minimum absolute atomic E-state index is 0.0675. The first-order valence-corrected chi connectivity index (χ1v) is 7.51. The zero-order chi connectivity index (χ0) is 16.4. The van der Waals surface area contributed by atoms with Crippen LogP contribution >= 0.6 is 0 Å². The number of hydrogen-bond acceptors (Lipinski definition) is 4. The molecule has 0 unspecified atom stereocenters. The Kier molecular flexibility index (Phi) is 4.01. The maximum Gasteiger partial charge on any atom is 0.329 e. The molecule has 0 fully saturated rings. The van der Waals surface area contributed by atoms with Crippen LogP contribution in [0.1, 0.15) is 19.1 Å². The number of carbonyl (C=O) groups excluding carboxylic acids is 1. The molecule has 23 heavy (non-hydrogen) atoms. The molecule has 1 N–H and O–H groups in total. The normalized spacial score (nSPS) is 11.0. The van der Waals surface area contributed by atoms with Crippen molar-refractivity contribution in [2.45, 2.75) is 33.4 Å². The first-order chi connectivity index (χ1) is 11.1. The van der Waals surface area contributed by atoms with Crippen LogP contribution in [0, 0.1) is 6.92 Å². The lowest BCUT2D eigenvalue weighted by Crippen LogP contribution is -2.29. The van der Waals surface area contributed by atoms with Crippen molar-refractivity contribution in [3.05, 3.63) is 46.6 Å². The van der Waals surface area contributed by atoms with Crippen molar-refractivity contribution in [2.24, 2.45) is 0 Å². The number of nitrogens with one attached hydrogen (secondary N) is 1. The highest BCUT2D eigenvalue weighted by Gasteiger charge is 2.15. The average molecular weight is 314 g/mol. The summed E-state index contributed by atoms with van der Waals surface area (Å²) in [5.74, 6) is 0.634. The fourth-order valence-corrected chi connectivity index (χ4v) is 2.62. The fraction of sp³-hybridized carbons (Fsp3) is 0.312.